The Kier molecular flexibility index (Phi) is 6.26. The average molecular weight is 350 g/mol. The SMILES string of the molecule is Cc1nnc(SCC(=O)Nc2ccc(C(=O)CN(C)C)cc2)s1. The number of hydrogen-bond donors (Lipinski definition) is 1. The summed E-state index contributed by atoms with van der Waals surface area (Å²) in [6.45, 7) is 2.24. The third-order valence-electron chi connectivity index (χ3n) is 2.78. The molecule has 8 heteroatoms. The fraction of sp³-hybridized carbons (Fsp3) is 0.333. The first-order valence-corrected chi connectivity index (χ1v) is 8.75. The molecule has 2 aromatic rings. The Labute approximate surface area is 143 Å². The van der Waals surface area contributed by atoms with Crippen molar-refractivity contribution in [3.05, 3.63) is 34.8 Å². The minimum Gasteiger partial charge on any atom is -0.325 e. The van der Waals surface area contributed by atoms with Gasteiger partial charge in [0.1, 0.15) is 5.01 Å². The van der Waals surface area contributed by atoms with Crippen molar-refractivity contribution in [1.29, 1.82) is 0 Å². The number of ketones is 1. The van der Waals surface area contributed by atoms with Crippen LogP contribution in [0.5, 0.6) is 0 Å². The normalized spacial score (nSPS) is 10.8. The van der Waals surface area contributed by atoms with Crippen molar-refractivity contribution in [2.75, 3.05) is 31.7 Å². The van der Waals surface area contributed by atoms with Crippen molar-refractivity contribution in [3.63, 3.8) is 0 Å². The number of nitrogens with zero attached hydrogens (tertiary/aromatic N) is 3. The molecule has 1 amide bonds. The topological polar surface area (TPSA) is 75.2 Å². The number of amides is 1. The number of benzene rings is 1. The summed E-state index contributed by atoms with van der Waals surface area (Å²) in [6, 6.07) is 6.92. The second kappa shape index (κ2) is 8.19. The van der Waals surface area contributed by atoms with Gasteiger partial charge in [0.2, 0.25) is 5.91 Å². The zero-order valence-corrected chi connectivity index (χ0v) is 14.8. The van der Waals surface area contributed by atoms with Gasteiger partial charge < -0.3 is 10.2 Å². The maximum atomic E-state index is 11.9. The van der Waals surface area contributed by atoms with Gasteiger partial charge in [-0.05, 0) is 45.3 Å². The van der Waals surface area contributed by atoms with Crippen molar-refractivity contribution < 1.29 is 9.59 Å². The highest BCUT2D eigenvalue weighted by atomic mass is 32.2. The molecule has 0 bridgehead atoms. The van der Waals surface area contributed by atoms with Crippen LogP contribution in [0.3, 0.4) is 0 Å². The largest absolute Gasteiger partial charge is 0.325 e. The minimum atomic E-state index is -0.116. The third kappa shape index (κ3) is 5.74. The molecule has 0 aliphatic heterocycles. The molecule has 0 aliphatic rings. The highest BCUT2D eigenvalue weighted by Crippen LogP contribution is 2.22. The van der Waals surface area contributed by atoms with Gasteiger partial charge in [-0.15, -0.1) is 10.2 Å². The van der Waals surface area contributed by atoms with E-state index in [1.165, 1.54) is 23.1 Å². The van der Waals surface area contributed by atoms with E-state index in [1.54, 1.807) is 24.3 Å². The van der Waals surface area contributed by atoms with E-state index < -0.39 is 0 Å². The first-order chi connectivity index (χ1) is 10.9. The number of rotatable bonds is 7. The highest BCUT2D eigenvalue weighted by Gasteiger charge is 2.09. The lowest BCUT2D eigenvalue weighted by Crippen LogP contribution is -2.21. The quantitative estimate of drug-likeness (QED) is 0.610. The van der Waals surface area contributed by atoms with E-state index in [0.29, 0.717) is 17.8 Å². The van der Waals surface area contributed by atoms with Crippen LogP contribution in [-0.2, 0) is 4.79 Å². The summed E-state index contributed by atoms with van der Waals surface area (Å²) in [5.41, 5.74) is 1.31. The van der Waals surface area contributed by atoms with E-state index in [1.807, 2.05) is 25.9 Å². The van der Waals surface area contributed by atoms with Crippen molar-refractivity contribution in [2.45, 2.75) is 11.3 Å². The maximum absolute atomic E-state index is 11.9. The van der Waals surface area contributed by atoms with Crippen molar-refractivity contribution in [1.82, 2.24) is 15.1 Å². The van der Waals surface area contributed by atoms with Crippen LogP contribution >= 0.6 is 23.1 Å². The summed E-state index contributed by atoms with van der Waals surface area (Å²) in [4.78, 5) is 25.6. The van der Waals surface area contributed by atoms with E-state index in [-0.39, 0.29) is 17.4 Å². The summed E-state index contributed by atoms with van der Waals surface area (Å²) in [5.74, 6) is 0.209. The molecule has 0 atom stereocenters. The van der Waals surface area contributed by atoms with Gasteiger partial charge in [0.25, 0.3) is 0 Å². The van der Waals surface area contributed by atoms with Crippen LogP contribution in [0.1, 0.15) is 15.4 Å². The van der Waals surface area contributed by atoms with Crippen LogP contribution in [0, 0.1) is 6.92 Å². The lowest BCUT2D eigenvalue weighted by Gasteiger charge is -2.09. The van der Waals surface area contributed by atoms with Gasteiger partial charge in [-0.2, -0.15) is 0 Å². The van der Waals surface area contributed by atoms with Gasteiger partial charge in [0.15, 0.2) is 10.1 Å². The van der Waals surface area contributed by atoms with Gasteiger partial charge >= 0.3 is 0 Å². The lowest BCUT2D eigenvalue weighted by atomic mass is 10.1. The Morgan fingerprint density at radius 2 is 1.91 bits per heavy atom. The standard InChI is InChI=1S/C15H18N4O2S2/c1-10-17-18-15(23-10)22-9-14(21)16-12-6-4-11(5-7-12)13(20)8-19(2)3/h4-7H,8-9H2,1-3H3,(H,16,21). The van der Waals surface area contributed by atoms with Crippen molar-refractivity contribution >= 4 is 40.5 Å². The molecule has 0 spiro atoms. The molecule has 1 aromatic carbocycles. The Morgan fingerprint density at radius 3 is 2.48 bits per heavy atom. The van der Waals surface area contributed by atoms with Gasteiger partial charge in [-0.3, -0.25) is 9.59 Å². The maximum Gasteiger partial charge on any atom is 0.234 e. The number of likely N-dealkylation sites (N-methyl/N-ethyl adjacent to an activating group) is 1. The van der Waals surface area contributed by atoms with Crippen LogP contribution in [0.25, 0.3) is 0 Å². The first-order valence-electron chi connectivity index (χ1n) is 6.95. The van der Waals surface area contributed by atoms with Gasteiger partial charge in [0.05, 0.1) is 12.3 Å². The highest BCUT2D eigenvalue weighted by molar-refractivity contribution is 8.01. The molecule has 1 N–H and O–H groups in total. The smallest absolute Gasteiger partial charge is 0.234 e. The number of carbonyl (C=O) groups excluding carboxylic acids is 2. The Bertz CT molecular complexity index is 683. The first kappa shape index (κ1) is 17.6. The number of nitrogens with one attached hydrogen (secondary N) is 1. The molecule has 0 saturated carbocycles. The number of hydrogen-bond acceptors (Lipinski definition) is 7. The van der Waals surface area contributed by atoms with E-state index in [0.717, 1.165) is 9.35 Å². The fourth-order valence-electron chi connectivity index (χ4n) is 1.78. The van der Waals surface area contributed by atoms with Crippen molar-refractivity contribution in [3.8, 4) is 0 Å². The summed E-state index contributed by atoms with van der Waals surface area (Å²) in [6.07, 6.45) is 0. The van der Waals surface area contributed by atoms with E-state index >= 15 is 0 Å². The van der Waals surface area contributed by atoms with Crippen LogP contribution in [-0.4, -0.2) is 53.2 Å². The molecule has 1 aromatic heterocycles. The molecule has 23 heavy (non-hydrogen) atoms. The third-order valence-corrected chi connectivity index (χ3v) is 4.76. The van der Waals surface area contributed by atoms with Gasteiger partial charge in [0, 0.05) is 11.3 Å². The van der Waals surface area contributed by atoms with Crippen LogP contribution in [0.15, 0.2) is 28.6 Å². The number of thioether (sulfide) groups is 1. The number of aromatic nitrogens is 2. The molecule has 0 fully saturated rings. The molecule has 0 saturated heterocycles. The number of carbonyl (C=O) groups is 2. The number of Topliss-reactive ketones (excluding diaryl/α,β-unsaturated/α-hetero) is 1. The fourth-order valence-corrected chi connectivity index (χ4v) is 3.39. The molecular weight excluding hydrogens is 332 g/mol. The molecule has 122 valence electrons. The molecule has 0 aliphatic carbocycles. The van der Waals surface area contributed by atoms with Crippen LogP contribution < -0.4 is 5.32 Å². The Balaban J connectivity index is 1.85. The summed E-state index contributed by atoms with van der Waals surface area (Å²) in [7, 11) is 3.70. The zero-order chi connectivity index (χ0) is 16.8. The van der Waals surface area contributed by atoms with Crippen LogP contribution in [0.4, 0.5) is 5.69 Å². The van der Waals surface area contributed by atoms with Crippen LogP contribution in [0.2, 0.25) is 0 Å². The second-order valence-corrected chi connectivity index (χ2v) is 7.57. The molecule has 1 heterocycles. The molecule has 0 unspecified atom stereocenters. The molecular formula is C15H18N4O2S2. The second-order valence-electron chi connectivity index (χ2n) is 5.16. The Morgan fingerprint density at radius 1 is 1.22 bits per heavy atom. The summed E-state index contributed by atoms with van der Waals surface area (Å²) in [5, 5.41) is 11.5. The van der Waals surface area contributed by atoms with Crippen molar-refractivity contribution in [2.24, 2.45) is 0 Å². The summed E-state index contributed by atoms with van der Waals surface area (Å²) < 4.78 is 0.780. The monoisotopic (exact) mass is 350 g/mol. The van der Waals surface area contributed by atoms with E-state index in [4.69, 9.17) is 0 Å². The predicted octanol–water partition coefficient (Wildman–Crippen LogP) is 2.32. The molecule has 0 radical (unpaired) electrons. The van der Waals surface area contributed by atoms with E-state index in [9.17, 15) is 9.59 Å². The predicted molar refractivity (Wildman–Crippen MR) is 93.3 cm³/mol. The minimum absolute atomic E-state index is 0.0510. The lowest BCUT2D eigenvalue weighted by molar-refractivity contribution is -0.113. The van der Waals surface area contributed by atoms with Gasteiger partial charge in [-0.1, -0.05) is 23.1 Å². The molecule has 2 rings (SSSR count). The Hall–Kier alpha value is -1.77. The average Bonchev–Trinajstić information content (AvgIpc) is 2.91. The number of anilines is 1. The zero-order valence-electron chi connectivity index (χ0n) is 13.2. The summed E-state index contributed by atoms with van der Waals surface area (Å²) >= 11 is 2.82. The number of aryl methyl sites for hydroxylation is 1. The molecule has 6 nitrogen and oxygen atoms in total. The van der Waals surface area contributed by atoms with Gasteiger partial charge in [-0.25, -0.2) is 0 Å². The van der Waals surface area contributed by atoms with E-state index in [2.05, 4.69) is 15.5 Å².